The molecule has 234 valence electrons. The van der Waals surface area contributed by atoms with Crippen molar-refractivity contribution in [1.29, 1.82) is 0 Å². The second-order valence-electron chi connectivity index (χ2n) is 12.1. The first kappa shape index (κ1) is 30.0. The molecule has 13 heteroatoms. The lowest BCUT2D eigenvalue weighted by Gasteiger charge is -2.33. The van der Waals surface area contributed by atoms with Crippen molar-refractivity contribution in [2.24, 2.45) is 5.92 Å². The highest BCUT2D eigenvalue weighted by molar-refractivity contribution is 7.90. The maximum Gasteiger partial charge on any atom is 0.267 e. The molecule has 1 N–H and O–H groups in total. The summed E-state index contributed by atoms with van der Waals surface area (Å²) in [5.74, 6) is -0.320. The zero-order chi connectivity index (χ0) is 30.6. The van der Waals surface area contributed by atoms with Gasteiger partial charge in [0.05, 0.1) is 33.6 Å². The van der Waals surface area contributed by atoms with Gasteiger partial charge in [-0.15, -0.1) is 0 Å². The molecule has 9 nitrogen and oxygen atoms in total. The van der Waals surface area contributed by atoms with Crippen LogP contribution in [-0.2, 0) is 26.1 Å². The lowest BCUT2D eigenvalue weighted by Crippen LogP contribution is -2.41. The predicted molar refractivity (Wildman–Crippen MR) is 163 cm³/mol. The molecule has 2 saturated carbocycles. The molecule has 2 saturated heterocycles. The van der Waals surface area contributed by atoms with Crippen molar-refractivity contribution in [3.8, 4) is 11.3 Å². The molecule has 44 heavy (non-hydrogen) atoms. The number of sulfonamides is 1. The standard InChI is InChI=1S/C31H32Cl2FN3O6S/c32-24-2-1-3-25(33)28(24)29-23(30(43-35-29)17-4-5-17)16-42-27-14-20-12-18(27)15-37(20)19-6-7-22(26(34)13-19)31(38)36-44(39,40)21-8-10-41-11-9-21/h1-3,6-7,13,17-18,20-21,27H,4-5,8-12,14-16H2,(H,36,38)/t18-,20-,27+/m0/s1. The van der Waals surface area contributed by atoms with Crippen molar-refractivity contribution in [3.63, 3.8) is 0 Å². The fourth-order valence-electron chi connectivity index (χ4n) is 6.79. The van der Waals surface area contributed by atoms with Gasteiger partial charge in [-0.3, -0.25) is 4.79 Å². The van der Waals surface area contributed by atoms with Crippen LogP contribution in [0.2, 0.25) is 10.0 Å². The lowest BCUT2D eigenvalue weighted by molar-refractivity contribution is 0.0122. The number of carbonyl (C=O) groups excluding carboxylic acids is 1. The largest absolute Gasteiger partial charge is 0.381 e. The number of hydrogen-bond acceptors (Lipinski definition) is 8. The van der Waals surface area contributed by atoms with Gasteiger partial charge in [-0.2, -0.15) is 0 Å². The summed E-state index contributed by atoms with van der Waals surface area (Å²) in [4.78, 5) is 14.8. The van der Waals surface area contributed by atoms with E-state index in [0.29, 0.717) is 72.1 Å². The molecule has 2 bridgehead atoms. The van der Waals surface area contributed by atoms with Crippen LogP contribution >= 0.6 is 23.2 Å². The molecular weight excluding hydrogens is 632 g/mol. The van der Waals surface area contributed by atoms with Gasteiger partial charge in [0.15, 0.2) is 0 Å². The molecule has 3 aromatic rings. The molecule has 4 aliphatic rings. The SMILES string of the molecule is O=C(NS(=O)(=O)C1CCOCC1)c1ccc(N2C[C@@H]3C[C@H]2C[C@H]3OCc2c(-c3c(Cl)cccc3Cl)noc2C2CC2)cc1F. The van der Waals surface area contributed by atoms with E-state index >= 15 is 4.39 Å². The average molecular weight is 665 g/mol. The van der Waals surface area contributed by atoms with Crippen LogP contribution in [0.25, 0.3) is 11.3 Å². The normalized spacial score (nSPS) is 23.8. The molecule has 1 amide bonds. The number of fused-ring (bicyclic) bond motifs is 2. The number of hydrogen-bond donors (Lipinski definition) is 1. The highest BCUT2D eigenvalue weighted by Gasteiger charge is 2.46. The molecule has 2 aromatic carbocycles. The maximum absolute atomic E-state index is 15.2. The van der Waals surface area contributed by atoms with Crippen molar-refractivity contribution >= 4 is 44.8 Å². The molecule has 2 aliphatic heterocycles. The van der Waals surface area contributed by atoms with Gasteiger partial charge in [-0.1, -0.05) is 34.4 Å². The number of nitrogens with zero attached hydrogens (tertiary/aromatic N) is 2. The van der Waals surface area contributed by atoms with E-state index in [-0.39, 0.29) is 23.6 Å². The Kier molecular flexibility index (Phi) is 8.11. The summed E-state index contributed by atoms with van der Waals surface area (Å²) in [6.45, 7) is 1.64. The van der Waals surface area contributed by atoms with Gasteiger partial charge in [0.1, 0.15) is 17.3 Å². The van der Waals surface area contributed by atoms with Crippen molar-refractivity contribution in [3.05, 3.63) is 69.1 Å². The lowest BCUT2D eigenvalue weighted by atomic mass is 10.0. The van der Waals surface area contributed by atoms with Crippen LogP contribution in [0.4, 0.5) is 10.1 Å². The Hall–Kier alpha value is -2.70. The smallest absolute Gasteiger partial charge is 0.267 e. The number of carbonyl (C=O) groups is 1. The zero-order valence-corrected chi connectivity index (χ0v) is 26.1. The monoisotopic (exact) mass is 663 g/mol. The molecule has 3 atom stereocenters. The van der Waals surface area contributed by atoms with E-state index in [1.807, 2.05) is 4.72 Å². The Morgan fingerprint density at radius 2 is 1.84 bits per heavy atom. The predicted octanol–water partition coefficient (Wildman–Crippen LogP) is 6.09. The summed E-state index contributed by atoms with van der Waals surface area (Å²) < 4.78 is 59.9. The van der Waals surface area contributed by atoms with E-state index in [0.717, 1.165) is 37.0 Å². The Labute approximate surface area is 265 Å². The van der Waals surface area contributed by atoms with Gasteiger partial charge in [0.2, 0.25) is 10.0 Å². The summed E-state index contributed by atoms with van der Waals surface area (Å²) >= 11 is 13.0. The summed E-state index contributed by atoms with van der Waals surface area (Å²) in [5.41, 5.74) is 2.50. The van der Waals surface area contributed by atoms with Gasteiger partial charge in [-0.25, -0.2) is 17.5 Å². The van der Waals surface area contributed by atoms with Crippen molar-refractivity contribution in [2.45, 2.75) is 68.4 Å². The van der Waals surface area contributed by atoms with Crippen molar-refractivity contribution in [1.82, 2.24) is 9.88 Å². The first-order valence-electron chi connectivity index (χ1n) is 14.9. The third-order valence-electron chi connectivity index (χ3n) is 9.26. The molecule has 0 unspecified atom stereocenters. The fourth-order valence-corrected chi connectivity index (χ4v) is 8.71. The van der Waals surface area contributed by atoms with Gasteiger partial charge in [0, 0.05) is 54.5 Å². The third kappa shape index (κ3) is 5.73. The van der Waals surface area contributed by atoms with E-state index in [1.165, 1.54) is 12.1 Å². The zero-order valence-electron chi connectivity index (χ0n) is 23.8. The summed E-state index contributed by atoms with van der Waals surface area (Å²) in [5, 5.41) is 4.62. The average Bonchev–Trinajstić information content (AvgIpc) is 3.45. The second kappa shape index (κ2) is 11.9. The number of ether oxygens (including phenoxy) is 2. The molecule has 0 radical (unpaired) electrons. The molecular formula is C31H32Cl2FN3O6S. The third-order valence-corrected chi connectivity index (χ3v) is 11.7. The van der Waals surface area contributed by atoms with Crippen LogP contribution in [0.5, 0.6) is 0 Å². The molecule has 2 aliphatic carbocycles. The molecule has 0 spiro atoms. The van der Waals surface area contributed by atoms with Crippen molar-refractivity contribution < 1.29 is 31.6 Å². The maximum atomic E-state index is 15.2. The first-order valence-corrected chi connectivity index (χ1v) is 17.2. The minimum absolute atomic E-state index is 0.0121. The van der Waals surface area contributed by atoms with E-state index in [9.17, 15) is 13.2 Å². The Bertz CT molecular complexity index is 1670. The molecule has 4 fully saturated rings. The molecule has 7 rings (SSSR count). The van der Waals surface area contributed by atoms with Crippen LogP contribution in [0.15, 0.2) is 40.9 Å². The summed E-state index contributed by atoms with van der Waals surface area (Å²) in [6, 6.07) is 9.84. The minimum Gasteiger partial charge on any atom is -0.381 e. The Morgan fingerprint density at radius 1 is 1.09 bits per heavy atom. The summed E-state index contributed by atoms with van der Waals surface area (Å²) in [6.07, 6.45) is 4.36. The quantitative estimate of drug-likeness (QED) is 0.293. The van der Waals surface area contributed by atoms with Gasteiger partial charge in [0.25, 0.3) is 5.91 Å². The Balaban J connectivity index is 1.01. The van der Waals surface area contributed by atoms with Crippen LogP contribution in [0.1, 0.15) is 66.1 Å². The van der Waals surface area contributed by atoms with Crippen LogP contribution < -0.4 is 9.62 Å². The van der Waals surface area contributed by atoms with E-state index < -0.39 is 27.0 Å². The van der Waals surface area contributed by atoms with E-state index in [1.54, 1.807) is 24.3 Å². The number of benzene rings is 2. The number of aromatic nitrogens is 1. The molecule has 1 aromatic heterocycles. The second-order valence-corrected chi connectivity index (χ2v) is 14.9. The number of anilines is 1. The van der Waals surface area contributed by atoms with Crippen molar-refractivity contribution in [2.75, 3.05) is 24.7 Å². The first-order chi connectivity index (χ1) is 21.2. The van der Waals surface area contributed by atoms with Crippen LogP contribution in [0, 0.1) is 11.7 Å². The number of piperidine rings is 1. The highest BCUT2D eigenvalue weighted by Crippen LogP contribution is 2.47. The minimum atomic E-state index is -3.93. The van der Waals surface area contributed by atoms with Crippen LogP contribution in [-0.4, -0.2) is 56.6 Å². The topological polar surface area (TPSA) is 111 Å². The number of rotatable bonds is 9. The van der Waals surface area contributed by atoms with Gasteiger partial charge < -0.3 is 18.9 Å². The summed E-state index contributed by atoms with van der Waals surface area (Å²) in [7, 11) is -3.93. The number of nitrogens with one attached hydrogen (secondary N) is 1. The number of amides is 1. The highest BCUT2D eigenvalue weighted by atomic mass is 35.5. The Morgan fingerprint density at radius 3 is 2.50 bits per heavy atom. The van der Waals surface area contributed by atoms with Gasteiger partial charge in [-0.05, 0) is 68.9 Å². The van der Waals surface area contributed by atoms with E-state index in [2.05, 4.69) is 10.1 Å². The molecule has 3 heterocycles. The van der Waals surface area contributed by atoms with E-state index in [4.69, 9.17) is 37.2 Å². The van der Waals surface area contributed by atoms with Gasteiger partial charge >= 0.3 is 0 Å². The number of halogens is 3. The van der Waals surface area contributed by atoms with Crippen LogP contribution in [0.3, 0.4) is 0 Å². The fraction of sp³-hybridized carbons (Fsp3) is 0.484.